The fourth-order valence-corrected chi connectivity index (χ4v) is 2.60. The molecule has 5 nitrogen and oxygen atoms in total. The Bertz CT molecular complexity index is 925. The van der Waals surface area contributed by atoms with E-state index in [-0.39, 0.29) is 17.3 Å². The number of nitrogens with two attached hydrogens (primary N) is 2. The first-order valence-electron chi connectivity index (χ1n) is 7.10. The highest BCUT2D eigenvalue weighted by Gasteiger charge is 2.17. The summed E-state index contributed by atoms with van der Waals surface area (Å²) in [4.78, 5) is 8.13. The van der Waals surface area contributed by atoms with Gasteiger partial charge in [-0.05, 0) is 23.6 Å². The molecule has 23 heavy (non-hydrogen) atoms. The molecule has 4 N–H and O–H groups in total. The van der Waals surface area contributed by atoms with Crippen LogP contribution < -0.4 is 11.5 Å². The van der Waals surface area contributed by atoms with Gasteiger partial charge in [0, 0.05) is 5.56 Å². The molecule has 0 aliphatic rings. The molecule has 0 radical (unpaired) electrons. The number of nitrogens with zero attached hydrogens (tertiary/aromatic N) is 3. The first kappa shape index (κ1) is 14.5. The number of nitrogen functional groups attached to an aromatic ring is 2. The zero-order chi connectivity index (χ0) is 16.4. The van der Waals surface area contributed by atoms with E-state index in [1.54, 1.807) is 0 Å². The van der Waals surface area contributed by atoms with Crippen molar-refractivity contribution in [3.05, 3.63) is 59.7 Å². The van der Waals surface area contributed by atoms with Gasteiger partial charge in [-0.3, -0.25) is 0 Å². The van der Waals surface area contributed by atoms with Crippen LogP contribution >= 0.6 is 0 Å². The summed E-state index contributed by atoms with van der Waals surface area (Å²) < 4.78 is 0. The smallest absolute Gasteiger partial charge is 0.222 e. The third kappa shape index (κ3) is 2.58. The molecule has 0 unspecified atom stereocenters. The second-order valence-electron chi connectivity index (χ2n) is 5.16. The number of aromatic nitrogens is 2. The zero-order valence-corrected chi connectivity index (χ0v) is 12.6. The summed E-state index contributed by atoms with van der Waals surface area (Å²) >= 11 is 0. The minimum atomic E-state index is 0.0519. The molecule has 0 atom stereocenters. The Morgan fingerprint density at radius 3 is 2.13 bits per heavy atom. The standard InChI is InChI=1S/C18H15N5/c1-11-6-2-3-7-12(11)13-8-4-5-9-14(13)16-15(10-19)17(20)23-18(21)22-16/h2-9H,1H3,(H4,20,21,22,23). The summed E-state index contributed by atoms with van der Waals surface area (Å²) in [5.74, 6) is 0.144. The number of aryl methyl sites for hydroxylation is 1. The van der Waals surface area contributed by atoms with E-state index in [1.165, 1.54) is 0 Å². The van der Waals surface area contributed by atoms with Crippen molar-refractivity contribution >= 4 is 11.8 Å². The lowest BCUT2D eigenvalue weighted by molar-refractivity contribution is 1.18. The summed E-state index contributed by atoms with van der Waals surface area (Å²) in [5.41, 5.74) is 16.2. The quantitative estimate of drug-likeness (QED) is 0.757. The summed E-state index contributed by atoms with van der Waals surface area (Å²) in [5, 5.41) is 9.42. The van der Waals surface area contributed by atoms with Gasteiger partial charge in [-0.25, -0.2) is 4.98 Å². The second kappa shape index (κ2) is 5.78. The molecule has 5 heteroatoms. The monoisotopic (exact) mass is 301 g/mol. The minimum absolute atomic E-state index is 0.0519. The maximum atomic E-state index is 9.42. The van der Waals surface area contributed by atoms with E-state index in [2.05, 4.69) is 16.0 Å². The van der Waals surface area contributed by atoms with E-state index in [0.29, 0.717) is 5.69 Å². The third-order valence-corrected chi connectivity index (χ3v) is 3.68. The van der Waals surface area contributed by atoms with Crippen molar-refractivity contribution in [2.45, 2.75) is 6.92 Å². The van der Waals surface area contributed by atoms with Gasteiger partial charge in [-0.15, -0.1) is 0 Å². The number of benzene rings is 2. The molecule has 3 rings (SSSR count). The molecule has 0 aliphatic carbocycles. The molecule has 1 heterocycles. The maximum absolute atomic E-state index is 9.42. The van der Waals surface area contributed by atoms with Crippen LogP contribution in [0.25, 0.3) is 22.4 Å². The van der Waals surface area contributed by atoms with Gasteiger partial charge >= 0.3 is 0 Å². The number of hydrogen-bond donors (Lipinski definition) is 2. The minimum Gasteiger partial charge on any atom is -0.382 e. The Hall–Kier alpha value is -3.39. The Morgan fingerprint density at radius 1 is 0.870 bits per heavy atom. The lowest BCUT2D eigenvalue weighted by Gasteiger charge is -2.13. The highest BCUT2D eigenvalue weighted by Crippen LogP contribution is 2.35. The van der Waals surface area contributed by atoms with E-state index < -0.39 is 0 Å². The largest absolute Gasteiger partial charge is 0.382 e. The zero-order valence-electron chi connectivity index (χ0n) is 12.6. The summed E-state index contributed by atoms with van der Waals surface area (Å²) in [6, 6.07) is 17.9. The molecule has 1 aromatic heterocycles. The van der Waals surface area contributed by atoms with Crippen molar-refractivity contribution in [3.8, 4) is 28.5 Å². The van der Waals surface area contributed by atoms with Gasteiger partial charge in [-0.2, -0.15) is 10.2 Å². The molecular weight excluding hydrogens is 286 g/mol. The summed E-state index contributed by atoms with van der Waals surface area (Å²) in [6.45, 7) is 2.04. The van der Waals surface area contributed by atoms with Crippen LogP contribution in [0.3, 0.4) is 0 Å². The predicted molar refractivity (Wildman–Crippen MR) is 91.2 cm³/mol. The SMILES string of the molecule is Cc1ccccc1-c1ccccc1-c1nc(N)nc(N)c1C#N. The molecule has 2 aromatic carbocycles. The van der Waals surface area contributed by atoms with E-state index in [4.69, 9.17) is 11.5 Å². The lowest BCUT2D eigenvalue weighted by atomic mass is 9.93. The van der Waals surface area contributed by atoms with Crippen molar-refractivity contribution in [3.63, 3.8) is 0 Å². The van der Waals surface area contributed by atoms with Crippen molar-refractivity contribution in [2.75, 3.05) is 11.5 Å². The first-order chi connectivity index (χ1) is 11.1. The van der Waals surface area contributed by atoms with Crippen molar-refractivity contribution in [1.82, 2.24) is 9.97 Å². The van der Waals surface area contributed by atoms with E-state index in [9.17, 15) is 5.26 Å². The normalized spacial score (nSPS) is 10.3. The second-order valence-corrected chi connectivity index (χ2v) is 5.16. The van der Waals surface area contributed by atoms with Crippen LogP contribution in [0.1, 0.15) is 11.1 Å². The Kier molecular flexibility index (Phi) is 3.65. The maximum Gasteiger partial charge on any atom is 0.222 e. The van der Waals surface area contributed by atoms with Gasteiger partial charge < -0.3 is 11.5 Å². The van der Waals surface area contributed by atoms with Gasteiger partial charge in [0.05, 0.1) is 5.69 Å². The summed E-state index contributed by atoms with van der Waals surface area (Å²) in [7, 11) is 0. The van der Waals surface area contributed by atoms with E-state index >= 15 is 0 Å². The van der Waals surface area contributed by atoms with E-state index in [0.717, 1.165) is 22.3 Å². The molecule has 0 fully saturated rings. The Balaban J connectivity index is 2.33. The fourth-order valence-electron chi connectivity index (χ4n) is 2.60. The molecular formula is C18H15N5. The highest BCUT2D eigenvalue weighted by molar-refractivity contribution is 5.87. The molecule has 0 saturated heterocycles. The molecule has 0 bridgehead atoms. The topological polar surface area (TPSA) is 102 Å². The van der Waals surface area contributed by atoms with Crippen LogP contribution in [0, 0.1) is 18.3 Å². The van der Waals surface area contributed by atoms with Crippen molar-refractivity contribution in [2.24, 2.45) is 0 Å². The van der Waals surface area contributed by atoms with Crippen LogP contribution in [0.4, 0.5) is 11.8 Å². The number of anilines is 2. The molecule has 0 saturated carbocycles. The van der Waals surface area contributed by atoms with Gasteiger partial charge in [-0.1, -0.05) is 48.5 Å². The van der Waals surface area contributed by atoms with Gasteiger partial charge in [0.15, 0.2) is 0 Å². The molecule has 3 aromatic rings. The van der Waals surface area contributed by atoms with Gasteiger partial charge in [0.1, 0.15) is 17.5 Å². The molecule has 0 aliphatic heterocycles. The van der Waals surface area contributed by atoms with Crippen LogP contribution in [0.2, 0.25) is 0 Å². The van der Waals surface area contributed by atoms with Crippen LogP contribution in [-0.2, 0) is 0 Å². The Labute approximate surface area is 134 Å². The predicted octanol–water partition coefficient (Wildman–Crippen LogP) is 3.16. The van der Waals surface area contributed by atoms with Crippen molar-refractivity contribution < 1.29 is 0 Å². The highest BCUT2D eigenvalue weighted by atomic mass is 15.0. The summed E-state index contributed by atoms with van der Waals surface area (Å²) in [6.07, 6.45) is 0. The van der Waals surface area contributed by atoms with Gasteiger partial charge in [0.2, 0.25) is 5.95 Å². The first-order valence-corrected chi connectivity index (χ1v) is 7.10. The van der Waals surface area contributed by atoms with Crippen LogP contribution in [0.15, 0.2) is 48.5 Å². The molecule has 0 spiro atoms. The van der Waals surface area contributed by atoms with Crippen LogP contribution in [0.5, 0.6) is 0 Å². The molecule has 0 amide bonds. The lowest BCUT2D eigenvalue weighted by Crippen LogP contribution is -2.05. The fraction of sp³-hybridized carbons (Fsp3) is 0.0556. The third-order valence-electron chi connectivity index (χ3n) is 3.68. The van der Waals surface area contributed by atoms with Gasteiger partial charge in [0.25, 0.3) is 0 Å². The average molecular weight is 301 g/mol. The number of rotatable bonds is 2. The van der Waals surface area contributed by atoms with Crippen molar-refractivity contribution in [1.29, 1.82) is 5.26 Å². The molecule has 112 valence electrons. The van der Waals surface area contributed by atoms with Crippen LogP contribution in [-0.4, -0.2) is 9.97 Å². The number of hydrogen-bond acceptors (Lipinski definition) is 5. The average Bonchev–Trinajstić information content (AvgIpc) is 2.55. The number of nitriles is 1. The van der Waals surface area contributed by atoms with E-state index in [1.807, 2.05) is 55.5 Å². The Morgan fingerprint density at radius 2 is 1.48 bits per heavy atom.